The zero-order valence-electron chi connectivity index (χ0n) is 15.7. The molecule has 2 aromatic carbocycles. The number of halogens is 2. The van der Waals surface area contributed by atoms with Crippen LogP contribution in [0.3, 0.4) is 0 Å². The van der Waals surface area contributed by atoms with E-state index < -0.39 is 0 Å². The fraction of sp³-hybridized carbons (Fsp3) is 0.409. The van der Waals surface area contributed by atoms with E-state index in [1.807, 2.05) is 36.4 Å². The number of rotatable bonds is 6. The fourth-order valence-electron chi connectivity index (χ4n) is 3.73. The van der Waals surface area contributed by atoms with Gasteiger partial charge in [0.25, 0.3) is 0 Å². The molecule has 0 radical (unpaired) electrons. The van der Waals surface area contributed by atoms with Crippen molar-refractivity contribution < 1.29 is 9.18 Å². The second-order valence-electron chi connectivity index (χ2n) is 7.25. The Morgan fingerprint density at radius 1 is 1.19 bits per heavy atom. The summed E-state index contributed by atoms with van der Waals surface area (Å²) in [4.78, 5) is 12.7. The molecule has 3 unspecified atom stereocenters. The van der Waals surface area contributed by atoms with Gasteiger partial charge in [0.05, 0.1) is 6.04 Å². The lowest BCUT2D eigenvalue weighted by Gasteiger charge is -2.28. The Balaban J connectivity index is 0.00000261. The molecule has 2 aromatic rings. The van der Waals surface area contributed by atoms with Crippen LogP contribution in [0.5, 0.6) is 0 Å². The van der Waals surface area contributed by atoms with E-state index in [-0.39, 0.29) is 30.2 Å². The number of benzene rings is 2. The third-order valence-electron chi connectivity index (χ3n) is 5.27. The molecule has 27 heavy (non-hydrogen) atoms. The molecular formula is C22H28ClFN2O. The normalized spacial score (nSPS) is 18.8. The predicted molar refractivity (Wildman–Crippen MR) is 109 cm³/mol. The first kappa shape index (κ1) is 21.4. The van der Waals surface area contributed by atoms with Crippen LogP contribution < -0.4 is 10.6 Å². The van der Waals surface area contributed by atoms with Crippen molar-refractivity contribution >= 4 is 18.3 Å². The Hall–Kier alpha value is -1.91. The number of nitrogens with one attached hydrogen (secondary N) is 2. The molecule has 3 rings (SSSR count). The summed E-state index contributed by atoms with van der Waals surface area (Å²) in [5.74, 6) is 0.589. The van der Waals surface area contributed by atoms with E-state index in [0.717, 1.165) is 24.2 Å². The molecule has 1 aliphatic rings. The van der Waals surface area contributed by atoms with Crippen LogP contribution in [0, 0.1) is 17.7 Å². The molecule has 0 saturated carbocycles. The van der Waals surface area contributed by atoms with Gasteiger partial charge < -0.3 is 10.6 Å². The second-order valence-corrected chi connectivity index (χ2v) is 7.25. The van der Waals surface area contributed by atoms with Gasteiger partial charge in [-0.15, -0.1) is 12.4 Å². The third kappa shape index (κ3) is 6.05. The molecule has 3 nitrogen and oxygen atoms in total. The number of carbonyl (C=O) groups excluding carboxylic acids is 1. The third-order valence-corrected chi connectivity index (χ3v) is 5.27. The van der Waals surface area contributed by atoms with Crippen molar-refractivity contribution in [3.05, 3.63) is 71.5 Å². The van der Waals surface area contributed by atoms with E-state index in [1.54, 1.807) is 6.07 Å². The van der Waals surface area contributed by atoms with Crippen LogP contribution in [0.4, 0.5) is 4.39 Å². The molecule has 1 heterocycles. The fourth-order valence-corrected chi connectivity index (χ4v) is 3.73. The molecule has 0 bridgehead atoms. The molecule has 146 valence electrons. The van der Waals surface area contributed by atoms with Gasteiger partial charge in [0.1, 0.15) is 5.82 Å². The maximum Gasteiger partial charge on any atom is 0.221 e. The molecule has 2 N–H and O–H groups in total. The largest absolute Gasteiger partial charge is 0.345 e. The summed E-state index contributed by atoms with van der Waals surface area (Å²) >= 11 is 0. The second kappa shape index (κ2) is 10.4. The number of piperidine rings is 1. The highest BCUT2D eigenvalue weighted by atomic mass is 35.5. The summed E-state index contributed by atoms with van der Waals surface area (Å²) in [6, 6.07) is 15.8. The van der Waals surface area contributed by atoms with Crippen LogP contribution in [-0.2, 0) is 4.79 Å². The number of amides is 1. The molecule has 1 fully saturated rings. The maximum atomic E-state index is 13.7. The Labute approximate surface area is 167 Å². The van der Waals surface area contributed by atoms with Crippen molar-refractivity contribution in [2.45, 2.75) is 32.2 Å². The van der Waals surface area contributed by atoms with Gasteiger partial charge in [-0.25, -0.2) is 4.39 Å². The van der Waals surface area contributed by atoms with Crippen LogP contribution in [0.15, 0.2) is 54.6 Å². The molecule has 1 aliphatic heterocycles. The quantitative estimate of drug-likeness (QED) is 0.763. The molecule has 1 amide bonds. The van der Waals surface area contributed by atoms with Gasteiger partial charge in [-0.3, -0.25) is 4.79 Å². The molecule has 3 atom stereocenters. The summed E-state index contributed by atoms with van der Waals surface area (Å²) in [6.45, 7) is 4.21. The topological polar surface area (TPSA) is 41.1 Å². The maximum absolute atomic E-state index is 13.7. The molecule has 0 aliphatic carbocycles. The van der Waals surface area contributed by atoms with Crippen molar-refractivity contribution in [1.82, 2.24) is 10.6 Å². The average Bonchev–Trinajstić information content (AvgIpc) is 2.67. The van der Waals surface area contributed by atoms with Gasteiger partial charge in [-0.2, -0.15) is 0 Å². The van der Waals surface area contributed by atoms with Crippen LogP contribution >= 0.6 is 12.4 Å². The van der Waals surface area contributed by atoms with E-state index in [4.69, 9.17) is 0 Å². The minimum atomic E-state index is -0.337. The summed E-state index contributed by atoms with van der Waals surface area (Å²) < 4.78 is 13.7. The van der Waals surface area contributed by atoms with Crippen molar-refractivity contribution in [2.24, 2.45) is 11.8 Å². The smallest absolute Gasteiger partial charge is 0.221 e. The van der Waals surface area contributed by atoms with Gasteiger partial charge >= 0.3 is 0 Å². The zero-order chi connectivity index (χ0) is 18.4. The minimum absolute atomic E-state index is 0. The van der Waals surface area contributed by atoms with Crippen LogP contribution in [0.1, 0.15) is 43.4 Å². The summed E-state index contributed by atoms with van der Waals surface area (Å²) in [5, 5.41) is 6.54. The minimum Gasteiger partial charge on any atom is -0.345 e. The Bertz CT molecular complexity index is 719. The Kier molecular flexibility index (Phi) is 8.26. The number of hydrogen-bond acceptors (Lipinski definition) is 2. The van der Waals surface area contributed by atoms with Crippen LogP contribution in [0.2, 0.25) is 0 Å². The Morgan fingerprint density at radius 2 is 1.93 bits per heavy atom. The van der Waals surface area contributed by atoms with E-state index in [9.17, 15) is 9.18 Å². The van der Waals surface area contributed by atoms with Gasteiger partial charge in [0.15, 0.2) is 0 Å². The highest BCUT2D eigenvalue weighted by molar-refractivity contribution is 5.85. The lowest BCUT2D eigenvalue weighted by Crippen LogP contribution is -2.36. The predicted octanol–water partition coefficient (Wildman–Crippen LogP) is 4.48. The first-order valence-corrected chi connectivity index (χ1v) is 9.44. The summed E-state index contributed by atoms with van der Waals surface area (Å²) in [6.07, 6.45) is 2.84. The monoisotopic (exact) mass is 390 g/mol. The number of hydrogen-bond donors (Lipinski definition) is 2. The molecule has 0 spiro atoms. The molecule has 1 saturated heterocycles. The average molecular weight is 391 g/mol. The standard InChI is InChI=1S/C22H27FN2O.ClH/c1-16(19-10-6-12-24-15-19)13-21(26)25-22(17-7-3-2-4-8-17)18-9-5-11-20(23)14-18;/h2-5,7-9,11,14,16,19,22,24H,6,10,12-13,15H2,1H3,(H,25,26);1H. The SMILES string of the molecule is CC(CC(=O)NC(c1ccccc1)c1cccc(F)c1)C1CCCNC1.Cl. The summed E-state index contributed by atoms with van der Waals surface area (Å²) in [7, 11) is 0. The molecule has 0 aromatic heterocycles. The van der Waals surface area contributed by atoms with Gasteiger partial charge in [0, 0.05) is 6.42 Å². The van der Waals surface area contributed by atoms with E-state index >= 15 is 0 Å². The highest BCUT2D eigenvalue weighted by Crippen LogP contribution is 2.25. The molecular weight excluding hydrogens is 363 g/mol. The van der Waals surface area contributed by atoms with Crippen molar-refractivity contribution in [3.63, 3.8) is 0 Å². The van der Waals surface area contributed by atoms with Crippen molar-refractivity contribution in [3.8, 4) is 0 Å². The summed E-state index contributed by atoms with van der Waals surface area (Å²) in [5.41, 5.74) is 1.72. The van der Waals surface area contributed by atoms with E-state index in [0.29, 0.717) is 18.3 Å². The van der Waals surface area contributed by atoms with Crippen LogP contribution in [-0.4, -0.2) is 19.0 Å². The molecule has 5 heteroatoms. The lowest BCUT2D eigenvalue weighted by molar-refractivity contribution is -0.122. The van der Waals surface area contributed by atoms with Gasteiger partial charge in [-0.1, -0.05) is 49.4 Å². The highest BCUT2D eigenvalue weighted by Gasteiger charge is 2.24. The van der Waals surface area contributed by atoms with Crippen molar-refractivity contribution in [2.75, 3.05) is 13.1 Å². The van der Waals surface area contributed by atoms with E-state index in [2.05, 4.69) is 17.6 Å². The van der Waals surface area contributed by atoms with E-state index in [1.165, 1.54) is 25.0 Å². The van der Waals surface area contributed by atoms with Gasteiger partial charge in [0.2, 0.25) is 5.91 Å². The first-order chi connectivity index (χ1) is 12.6. The van der Waals surface area contributed by atoms with Crippen molar-refractivity contribution in [1.29, 1.82) is 0 Å². The lowest BCUT2D eigenvalue weighted by atomic mass is 9.85. The first-order valence-electron chi connectivity index (χ1n) is 9.44. The zero-order valence-corrected chi connectivity index (χ0v) is 16.5. The van der Waals surface area contributed by atoms with Gasteiger partial charge in [-0.05, 0) is 61.0 Å². The number of carbonyl (C=O) groups is 1. The Morgan fingerprint density at radius 3 is 2.59 bits per heavy atom. The van der Waals surface area contributed by atoms with Crippen LogP contribution in [0.25, 0.3) is 0 Å².